The lowest BCUT2D eigenvalue weighted by Crippen LogP contribution is -2.31. The van der Waals surface area contributed by atoms with E-state index in [1.54, 1.807) is 21.3 Å². The van der Waals surface area contributed by atoms with Crippen LogP contribution in [0.3, 0.4) is 0 Å². The van der Waals surface area contributed by atoms with Crippen LogP contribution in [0.2, 0.25) is 0 Å². The van der Waals surface area contributed by atoms with Crippen LogP contribution in [0.1, 0.15) is 22.6 Å². The van der Waals surface area contributed by atoms with Crippen LogP contribution in [0.15, 0.2) is 24.3 Å². The monoisotopic (exact) mass is 398 g/mol. The average Bonchev–Trinajstić information content (AvgIpc) is 3.35. The molecule has 2 aromatic carbocycles. The van der Waals surface area contributed by atoms with E-state index in [4.69, 9.17) is 28.4 Å². The summed E-state index contributed by atoms with van der Waals surface area (Å²) in [6.07, 6.45) is 0.767. The Morgan fingerprint density at radius 2 is 1.59 bits per heavy atom. The van der Waals surface area contributed by atoms with Crippen LogP contribution in [0.25, 0.3) is 0 Å². The number of rotatable bonds is 4. The number of carbonyl (C=O) groups is 1. The Hall–Kier alpha value is -3.09. The van der Waals surface area contributed by atoms with Crippen molar-refractivity contribution in [2.75, 3.05) is 34.7 Å². The molecule has 1 saturated heterocycles. The van der Waals surface area contributed by atoms with Crippen molar-refractivity contribution < 1.29 is 33.2 Å². The van der Waals surface area contributed by atoms with Gasteiger partial charge in [0.1, 0.15) is 0 Å². The van der Waals surface area contributed by atoms with Gasteiger partial charge in [-0.2, -0.15) is 0 Å². The van der Waals surface area contributed by atoms with Crippen LogP contribution in [0.5, 0.6) is 28.7 Å². The smallest absolute Gasteiger partial charge is 0.310 e. The fourth-order valence-corrected chi connectivity index (χ4v) is 4.79. The van der Waals surface area contributed by atoms with Gasteiger partial charge < -0.3 is 28.4 Å². The summed E-state index contributed by atoms with van der Waals surface area (Å²) >= 11 is 0. The summed E-state index contributed by atoms with van der Waals surface area (Å²) in [5.74, 6) is 2.53. The van der Waals surface area contributed by atoms with Crippen LogP contribution >= 0.6 is 0 Å². The first kappa shape index (κ1) is 18.0. The highest BCUT2D eigenvalue weighted by Gasteiger charge is 2.48. The molecule has 0 spiro atoms. The van der Waals surface area contributed by atoms with Crippen molar-refractivity contribution in [2.24, 2.45) is 11.8 Å². The fourth-order valence-electron chi connectivity index (χ4n) is 4.79. The van der Waals surface area contributed by atoms with E-state index in [1.165, 1.54) is 0 Å². The highest BCUT2D eigenvalue weighted by atomic mass is 16.7. The van der Waals surface area contributed by atoms with Gasteiger partial charge in [0.15, 0.2) is 23.0 Å². The predicted octanol–water partition coefficient (Wildman–Crippen LogP) is 2.92. The Morgan fingerprint density at radius 3 is 2.24 bits per heavy atom. The van der Waals surface area contributed by atoms with E-state index in [1.807, 2.05) is 24.3 Å². The summed E-state index contributed by atoms with van der Waals surface area (Å²) in [7, 11) is 4.74. The molecule has 1 aliphatic carbocycles. The molecule has 3 aliphatic rings. The van der Waals surface area contributed by atoms with Crippen LogP contribution in [0.4, 0.5) is 0 Å². The second-order valence-electron chi connectivity index (χ2n) is 7.46. The van der Waals surface area contributed by atoms with Gasteiger partial charge in [0.05, 0.1) is 33.9 Å². The SMILES string of the molecule is COc1cc([C@H]2c3cc4c(cc3CC3COC(=O)[C@H]32)OCO4)cc(OC)c1OC. The van der Waals surface area contributed by atoms with Crippen LogP contribution in [-0.4, -0.2) is 40.7 Å². The summed E-state index contributed by atoms with van der Waals surface area (Å²) < 4.78 is 33.2. The maximum Gasteiger partial charge on any atom is 0.310 e. The quantitative estimate of drug-likeness (QED) is 0.733. The van der Waals surface area contributed by atoms with E-state index in [2.05, 4.69) is 0 Å². The molecule has 1 fully saturated rings. The summed E-state index contributed by atoms with van der Waals surface area (Å²) in [6.45, 7) is 0.639. The number of hydrogen-bond donors (Lipinski definition) is 0. The Bertz CT molecular complexity index is 958. The summed E-state index contributed by atoms with van der Waals surface area (Å²) in [6, 6.07) is 7.84. The zero-order valence-electron chi connectivity index (χ0n) is 16.5. The number of ether oxygens (including phenoxy) is 6. The molecule has 7 heteroatoms. The lowest BCUT2D eigenvalue weighted by molar-refractivity contribution is -0.141. The largest absolute Gasteiger partial charge is 0.493 e. The second kappa shape index (κ2) is 6.76. The van der Waals surface area contributed by atoms with Crippen LogP contribution < -0.4 is 23.7 Å². The molecule has 0 N–H and O–H groups in total. The van der Waals surface area contributed by atoms with Crippen molar-refractivity contribution in [2.45, 2.75) is 12.3 Å². The first-order valence-electron chi connectivity index (χ1n) is 9.53. The molecule has 29 heavy (non-hydrogen) atoms. The van der Waals surface area contributed by atoms with Crippen molar-refractivity contribution in [3.63, 3.8) is 0 Å². The number of fused-ring (bicyclic) bond motifs is 3. The molecule has 2 aromatic rings. The molecule has 0 saturated carbocycles. The number of cyclic esters (lactones) is 1. The van der Waals surface area contributed by atoms with Crippen molar-refractivity contribution in [3.8, 4) is 28.7 Å². The molecule has 2 aliphatic heterocycles. The summed E-state index contributed by atoms with van der Waals surface area (Å²) in [5.41, 5.74) is 3.10. The third kappa shape index (κ3) is 2.68. The summed E-state index contributed by atoms with van der Waals surface area (Å²) in [4.78, 5) is 12.7. The lowest BCUT2D eigenvalue weighted by Gasteiger charge is -2.34. The standard InChI is InChI=1S/C22H22O7/c1-24-17-6-12(7-18(25-2)21(17)26-3)19-14-8-16-15(28-10-29-16)5-11(14)4-13-9-27-22(23)20(13)19/h5-8,13,19-20H,4,9-10H2,1-3H3/t13?,19-,20+/m0/s1. The first-order valence-corrected chi connectivity index (χ1v) is 9.53. The number of hydrogen-bond acceptors (Lipinski definition) is 7. The van der Waals surface area contributed by atoms with E-state index in [0.29, 0.717) is 29.6 Å². The topological polar surface area (TPSA) is 72.5 Å². The van der Waals surface area contributed by atoms with E-state index < -0.39 is 0 Å². The van der Waals surface area contributed by atoms with E-state index in [0.717, 1.165) is 28.9 Å². The van der Waals surface area contributed by atoms with Gasteiger partial charge in [0, 0.05) is 11.8 Å². The molecule has 0 bridgehead atoms. The first-order chi connectivity index (χ1) is 14.1. The zero-order valence-corrected chi connectivity index (χ0v) is 16.5. The Labute approximate surface area is 168 Å². The van der Waals surface area contributed by atoms with Gasteiger partial charge in [-0.25, -0.2) is 0 Å². The van der Waals surface area contributed by atoms with Gasteiger partial charge >= 0.3 is 5.97 Å². The molecule has 7 nitrogen and oxygen atoms in total. The highest BCUT2D eigenvalue weighted by molar-refractivity contribution is 5.78. The van der Waals surface area contributed by atoms with E-state index >= 15 is 0 Å². The van der Waals surface area contributed by atoms with Gasteiger partial charge in [0.25, 0.3) is 0 Å². The molecule has 0 aromatic heterocycles. The lowest BCUT2D eigenvalue weighted by atomic mass is 9.67. The molecule has 1 unspecified atom stereocenters. The molecule has 5 rings (SSSR count). The van der Waals surface area contributed by atoms with E-state index in [9.17, 15) is 4.79 Å². The Kier molecular flexibility index (Phi) is 4.19. The number of carbonyl (C=O) groups excluding carboxylic acids is 1. The molecule has 152 valence electrons. The van der Waals surface area contributed by atoms with Gasteiger partial charge in [-0.05, 0) is 47.4 Å². The number of methoxy groups -OCH3 is 3. The average molecular weight is 398 g/mol. The minimum atomic E-state index is -0.273. The van der Waals surface area contributed by atoms with Crippen molar-refractivity contribution >= 4 is 5.97 Å². The maximum absolute atomic E-state index is 12.7. The highest BCUT2D eigenvalue weighted by Crippen LogP contribution is 2.52. The minimum Gasteiger partial charge on any atom is -0.493 e. The maximum atomic E-state index is 12.7. The van der Waals surface area contributed by atoms with Gasteiger partial charge in [0.2, 0.25) is 12.5 Å². The zero-order chi connectivity index (χ0) is 20.1. The molecule has 0 radical (unpaired) electrons. The third-order valence-corrected chi connectivity index (χ3v) is 6.08. The predicted molar refractivity (Wildman–Crippen MR) is 102 cm³/mol. The molecular weight excluding hydrogens is 376 g/mol. The summed E-state index contributed by atoms with van der Waals surface area (Å²) in [5, 5.41) is 0. The Morgan fingerprint density at radius 1 is 0.897 bits per heavy atom. The van der Waals surface area contributed by atoms with E-state index in [-0.39, 0.29) is 30.5 Å². The van der Waals surface area contributed by atoms with Crippen LogP contribution in [-0.2, 0) is 16.0 Å². The van der Waals surface area contributed by atoms with Gasteiger partial charge in [-0.15, -0.1) is 0 Å². The Balaban J connectivity index is 1.71. The normalized spacial score (nSPS) is 23.8. The third-order valence-electron chi connectivity index (χ3n) is 6.08. The van der Waals surface area contributed by atoms with Crippen molar-refractivity contribution in [1.29, 1.82) is 0 Å². The fraction of sp³-hybridized carbons (Fsp3) is 0.409. The molecule has 2 heterocycles. The van der Waals surface area contributed by atoms with Crippen LogP contribution in [0, 0.1) is 11.8 Å². The minimum absolute atomic E-state index is 0.111. The van der Waals surface area contributed by atoms with Crippen molar-refractivity contribution in [1.82, 2.24) is 0 Å². The number of esters is 1. The molecule has 0 amide bonds. The molecular formula is C22H22O7. The van der Waals surface area contributed by atoms with Crippen molar-refractivity contribution in [3.05, 3.63) is 41.0 Å². The van der Waals surface area contributed by atoms with Gasteiger partial charge in [-0.1, -0.05) is 0 Å². The molecule has 3 atom stereocenters. The second-order valence-corrected chi connectivity index (χ2v) is 7.46. The van der Waals surface area contributed by atoms with Gasteiger partial charge in [-0.3, -0.25) is 4.79 Å². The number of benzene rings is 2.